The Balaban J connectivity index is 2.04. The van der Waals surface area contributed by atoms with Gasteiger partial charge < -0.3 is 10.0 Å². The van der Waals surface area contributed by atoms with E-state index in [1.54, 1.807) is 0 Å². The molecular formula is C12H13F3N2O5S2. The number of carbonyl (C=O) groups excluding carboxylic acids is 1. The second kappa shape index (κ2) is 6.33. The van der Waals surface area contributed by atoms with Gasteiger partial charge >= 0.3 is 12.1 Å². The molecule has 2 rings (SSSR count). The fourth-order valence-electron chi connectivity index (χ4n) is 2.31. The van der Waals surface area contributed by atoms with E-state index in [1.807, 2.05) is 4.72 Å². The topological polar surface area (TPSA) is 104 Å². The molecular weight excluding hydrogens is 373 g/mol. The van der Waals surface area contributed by atoms with E-state index in [4.69, 9.17) is 5.11 Å². The van der Waals surface area contributed by atoms with Crippen molar-refractivity contribution in [2.45, 2.75) is 16.8 Å². The Kier molecular flexibility index (Phi) is 4.93. The average molecular weight is 386 g/mol. The molecule has 1 atom stereocenters. The lowest BCUT2D eigenvalue weighted by Gasteiger charge is -2.27. The van der Waals surface area contributed by atoms with Crippen LogP contribution in [0.1, 0.15) is 6.42 Å². The Morgan fingerprint density at radius 2 is 2.08 bits per heavy atom. The van der Waals surface area contributed by atoms with Crippen molar-refractivity contribution in [3.05, 3.63) is 17.5 Å². The van der Waals surface area contributed by atoms with Crippen LogP contribution < -0.4 is 4.72 Å². The van der Waals surface area contributed by atoms with Crippen LogP contribution in [-0.4, -0.2) is 56.1 Å². The van der Waals surface area contributed by atoms with Crippen molar-refractivity contribution in [3.63, 3.8) is 0 Å². The smallest absolute Gasteiger partial charge is 0.406 e. The average Bonchev–Trinajstić information content (AvgIpc) is 3.13. The van der Waals surface area contributed by atoms with E-state index in [1.165, 1.54) is 17.5 Å². The molecule has 0 aromatic carbocycles. The van der Waals surface area contributed by atoms with Gasteiger partial charge in [-0.3, -0.25) is 9.59 Å². The minimum Gasteiger partial charge on any atom is -0.481 e. The van der Waals surface area contributed by atoms with Gasteiger partial charge in [-0.15, -0.1) is 11.3 Å². The first-order valence-electron chi connectivity index (χ1n) is 6.61. The molecule has 1 unspecified atom stereocenters. The van der Waals surface area contributed by atoms with Gasteiger partial charge in [0.1, 0.15) is 4.21 Å². The number of halogens is 3. The van der Waals surface area contributed by atoms with E-state index >= 15 is 0 Å². The zero-order chi connectivity index (χ0) is 18.2. The van der Waals surface area contributed by atoms with Gasteiger partial charge in [0, 0.05) is 13.1 Å². The normalized spacial score (nSPS) is 21.9. The van der Waals surface area contributed by atoms with Gasteiger partial charge in [-0.1, -0.05) is 6.07 Å². The molecule has 0 saturated carbocycles. The number of hydrogen-bond donors (Lipinski definition) is 2. The summed E-state index contributed by atoms with van der Waals surface area (Å²) in [5.74, 6) is -2.97. The minimum atomic E-state index is -5.01. The predicted octanol–water partition coefficient (Wildman–Crippen LogP) is 0.892. The van der Waals surface area contributed by atoms with Crippen molar-refractivity contribution in [3.8, 4) is 0 Å². The highest BCUT2D eigenvalue weighted by Gasteiger charge is 2.64. The molecule has 24 heavy (non-hydrogen) atoms. The third kappa shape index (κ3) is 3.39. The van der Waals surface area contributed by atoms with E-state index in [2.05, 4.69) is 0 Å². The number of likely N-dealkylation sites (tertiary alicyclic amines) is 1. The molecule has 1 fully saturated rings. The number of rotatable bonds is 5. The van der Waals surface area contributed by atoms with Crippen LogP contribution in [0.3, 0.4) is 0 Å². The first kappa shape index (κ1) is 18.7. The summed E-state index contributed by atoms with van der Waals surface area (Å²) in [6.45, 7) is -2.19. The monoisotopic (exact) mass is 386 g/mol. The van der Waals surface area contributed by atoms with Crippen LogP contribution in [0.2, 0.25) is 0 Å². The number of nitrogens with one attached hydrogen (secondary N) is 1. The molecule has 0 radical (unpaired) electrons. The maximum absolute atomic E-state index is 13.0. The molecule has 134 valence electrons. The van der Waals surface area contributed by atoms with Crippen LogP contribution in [-0.2, 0) is 19.6 Å². The zero-order valence-electron chi connectivity index (χ0n) is 12.0. The third-order valence-corrected chi connectivity index (χ3v) is 6.55. The van der Waals surface area contributed by atoms with Crippen molar-refractivity contribution in [1.82, 2.24) is 9.62 Å². The van der Waals surface area contributed by atoms with Crippen molar-refractivity contribution in [2.24, 2.45) is 5.41 Å². The summed E-state index contributed by atoms with van der Waals surface area (Å²) < 4.78 is 64.8. The number of hydrogen-bond acceptors (Lipinski definition) is 5. The van der Waals surface area contributed by atoms with Crippen molar-refractivity contribution in [1.29, 1.82) is 0 Å². The first-order valence-corrected chi connectivity index (χ1v) is 8.97. The van der Waals surface area contributed by atoms with Gasteiger partial charge in [0.05, 0.1) is 6.54 Å². The Bertz CT molecular complexity index is 732. The molecule has 2 N–H and O–H groups in total. The predicted molar refractivity (Wildman–Crippen MR) is 76.8 cm³/mol. The molecule has 0 bridgehead atoms. The minimum absolute atomic E-state index is 0.0353. The maximum Gasteiger partial charge on any atom is 0.406 e. The van der Waals surface area contributed by atoms with Crippen LogP contribution in [0.4, 0.5) is 13.2 Å². The summed E-state index contributed by atoms with van der Waals surface area (Å²) in [6, 6.07) is 2.80. The fourth-order valence-corrected chi connectivity index (χ4v) is 4.32. The van der Waals surface area contributed by atoms with E-state index in [0.717, 1.165) is 11.3 Å². The summed E-state index contributed by atoms with van der Waals surface area (Å²) in [6.07, 6.45) is -5.78. The number of nitrogens with zero attached hydrogens (tertiary/aromatic N) is 1. The van der Waals surface area contributed by atoms with Crippen molar-refractivity contribution < 1.29 is 36.3 Å². The SMILES string of the molecule is O=C(CNS(=O)(=O)c1cccs1)N1CCC(C(=O)O)(C(F)(F)F)C1. The van der Waals surface area contributed by atoms with Crippen LogP contribution in [0.5, 0.6) is 0 Å². The number of alkyl halides is 3. The number of sulfonamides is 1. The van der Waals surface area contributed by atoms with Crippen molar-refractivity contribution >= 4 is 33.2 Å². The zero-order valence-corrected chi connectivity index (χ0v) is 13.7. The van der Waals surface area contributed by atoms with Gasteiger partial charge in [-0.05, 0) is 17.9 Å². The van der Waals surface area contributed by atoms with E-state index in [9.17, 15) is 31.2 Å². The molecule has 12 heteroatoms. The highest BCUT2D eigenvalue weighted by atomic mass is 32.2. The summed E-state index contributed by atoms with van der Waals surface area (Å²) in [5, 5.41) is 10.4. The number of carboxylic acid groups (broad SMARTS) is 1. The Morgan fingerprint density at radius 1 is 1.42 bits per heavy atom. The second-order valence-corrected chi connectivity index (χ2v) is 8.15. The molecule has 1 saturated heterocycles. The number of aliphatic carboxylic acids is 1. The van der Waals surface area contributed by atoms with Gasteiger partial charge in [-0.25, -0.2) is 13.1 Å². The number of carbonyl (C=O) groups is 2. The van der Waals surface area contributed by atoms with Gasteiger partial charge in [0.25, 0.3) is 10.0 Å². The summed E-state index contributed by atoms with van der Waals surface area (Å²) in [5.41, 5.74) is -3.02. The Labute approximate surface area is 139 Å². The molecule has 0 spiro atoms. The Morgan fingerprint density at radius 3 is 2.54 bits per heavy atom. The lowest BCUT2D eigenvalue weighted by atomic mass is 9.86. The molecule has 1 aliphatic rings. The quantitative estimate of drug-likeness (QED) is 0.782. The van der Waals surface area contributed by atoms with E-state index < -0.39 is 59.5 Å². The lowest BCUT2D eigenvalue weighted by Crippen LogP contribution is -2.48. The van der Waals surface area contributed by atoms with Crippen LogP contribution in [0.25, 0.3) is 0 Å². The van der Waals surface area contributed by atoms with Gasteiger partial charge in [0.2, 0.25) is 5.91 Å². The number of carboxylic acids is 1. The third-order valence-electron chi connectivity index (χ3n) is 3.75. The highest BCUT2D eigenvalue weighted by Crippen LogP contribution is 2.45. The molecule has 1 aromatic rings. The standard InChI is InChI=1S/C12H13F3N2O5S2/c13-12(14,15)11(10(19)20)3-4-17(7-11)8(18)6-16-24(21,22)9-2-1-5-23-9/h1-2,5,16H,3-4,6-7H2,(H,19,20). The number of amides is 1. The summed E-state index contributed by atoms with van der Waals surface area (Å²) in [4.78, 5) is 23.7. The fraction of sp³-hybridized carbons (Fsp3) is 0.500. The molecule has 1 amide bonds. The number of thiophene rings is 1. The molecule has 0 aliphatic carbocycles. The Hall–Kier alpha value is -1.66. The van der Waals surface area contributed by atoms with Gasteiger partial charge in [0.15, 0.2) is 5.41 Å². The summed E-state index contributed by atoms with van der Waals surface area (Å²) >= 11 is 0.919. The molecule has 1 aliphatic heterocycles. The molecule has 7 nitrogen and oxygen atoms in total. The summed E-state index contributed by atoms with van der Waals surface area (Å²) in [7, 11) is -3.93. The van der Waals surface area contributed by atoms with Gasteiger partial charge in [-0.2, -0.15) is 13.2 Å². The highest BCUT2D eigenvalue weighted by molar-refractivity contribution is 7.91. The largest absolute Gasteiger partial charge is 0.481 e. The van der Waals surface area contributed by atoms with Crippen LogP contribution in [0.15, 0.2) is 21.7 Å². The van der Waals surface area contributed by atoms with Crippen LogP contribution >= 0.6 is 11.3 Å². The van der Waals surface area contributed by atoms with E-state index in [0.29, 0.717) is 4.90 Å². The maximum atomic E-state index is 13.0. The molecule has 1 aromatic heterocycles. The van der Waals surface area contributed by atoms with Crippen molar-refractivity contribution in [2.75, 3.05) is 19.6 Å². The first-order chi connectivity index (χ1) is 11.0. The van der Waals surface area contributed by atoms with Crippen LogP contribution in [0, 0.1) is 5.41 Å². The lowest BCUT2D eigenvalue weighted by molar-refractivity contribution is -0.227. The second-order valence-electron chi connectivity index (χ2n) is 5.21. The molecule has 2 heterocycles. The van der Waals surface area contributed by atoms with E-state index in [-0.39, 0.29) is 4.21 Å².